The van der Waals surface area contributed by atoms with Crippen molar-refractivity contribution in [3.63, 3.8) is 0 Å². The van der Waals surface area contributed by atoms with Crippen LogP contribution in [-0.4, -0.2) is 16.6 Å². The Morgan fingerprint density at radius 2 is 2.25 bits per heavy atom. The van der Waals surface area contributed by atoms with Crippen LogP contribution >= 0.6 is 23.4 Å². The van der Waals surface area contributed by atoms with Gasteiger partial charge in [-0.05, 0) is 36.8 Å². The molecule has 0 saturated heterocycles. The lowest BCUT2D eigenvalue weighted by atomic mass is 10.2. The van der Waals surface area contributed by atoms with Crippen LogP contribution in [0.4, 0.5) is 11.4 Å². The summed E-state index contributed by atoms with van der Waals surface area (Å²) in [5.74, 6) is 0.0802. The predicted molar refractivity (Wildman–Crippen MR) is 84.2 cm³/mol. The van der Waals surface area contributed by atoms with Crippen LogP contribution in [-0.2, 0) is 4.79 Å². The van der Waals surface area contributed by atoms with E-state index >= 15 is 0 Å². The zero-order valence-electron chi connectivity index (χ0n) is 10.9. The summed E-state index contributed by atoms with van der Waals surface area (Å²) >= 11 is 7.35. The number of hydrogen-bond acceptors (Lipinski definition) is 4. The van der Waals surface area contributed by atoms with E-state index in [1.165, 1.54) is 11.8 Å². The summed E-state index contributed by atoms with van der Waals surface area (Å²) in [5, 5.41) is 3.95. The Hall–Kier alpha value is -1.72. The van der Waals surface area contributed by atoms with E-state index in [0.717, 1.165) is 5.56 Å². The zero-order valence-corrected chi connectivity index (χ0v) is 12.5. The number of carbonyl (C=O) groups is 1. The molecule has 3 N–H and O–H groups in total. The number of anilines is 2. The topological polar surface area (TPSA) is 68.0 Å². The van der Waals surface area contributed by atoms with Gasteiger partial charge in [0.1, 0.15) is 5.03 Å². The van der Waals surface area contributed by atoms with Crippen molar-refractivity contribution in [2.24, 2.45) is 0 Å². The third-order valence-corrected chi connectivity index (χ3v) is 3.87. The summed E-state index contributed by atoms with van der Waals surface area (Å²) in [4.78, 5) is 16.0. The zero-order chi connectivity index (χ0) is 14.5. The van der Waals surface area contributed by atoms with Crippen molar-refractivity contribution in [1.82, 2.24) is 4.98 Å². The number of rotatable bonds is 4. The SMILES string of the molecule is Cc1ccc(NC(=O)CSc2ncccc2N)c(Cl)c1. The third-order valence-electron chi connectivity index (χ3n) is 2.54. The summed E-state index contributed by atoms with van der Waals surface area (Å²) in [6, 6.07) is 9.00. The molecule has 1 aromatic carbocycles. The summed E-state index contributed by atoms with van der Waals surface area (Å²) < 4.78 is 0. The monoisotopic (exact) mass is 307 g/mol. The number of pyridine rings is 1. The largest absolute Gasteiger partial charge is 0.397 e. The second-order valence-electron chi connectivity index (χ2n) is 4.22. The lowest BCUT2D eigenvalue weighted by Crippen LogP contribution is -2.14. The Morgan fingerprint density at radius 1 is 1.45 bits per heavy atom. The molecular weight excluding hydrogens is 294 g/mol. The van der Waals surface area contributed by atoms with Crippen LogP contribution in [0, 0.1) is 6.92 Å². The van der Waals surface area contributed by atoms with E-state index in [1.807, 2.05) is 13.0 Å². The number of aryl methyl sites for hydroxylation is 1. The third kappa shape index (κ3) is 3.88. The van der Waals surface area contributed by atoms with Gasteiger partial charge >= 0.3 is 0 Å². The highest BCUT2D eigenvalue weighted by molar-refractivity contribution is 8.00. The van der Waals surface area contributed by atoms with E-state index in [2.05, 4.69) is 10.3 Å². The maximum Gasteiger partial charge on any atom is 0.234 e. The van der Waals surface area contributed by atoms with Crippen molar-refractivity contribution >= 4 is 40.6 Å². The molecule has 0 saturated carbocycles. The van der Waals surface area contributed by atoms with Gasteiger partial charge in [0.2, 0.25) is 5.91 Å². The second-order valence-corrected chi connectivity index (χ2v) is 5.59. The minimum absolute atomic E-state index is 0.147. The maximum atomic E-state index is 11.9. The lowest BCUT2D eigenvalue weighted by Gasteiger charge is -2.08. The Morgan fingerprint density at radius 3 is 2.95 bits per heavy atom. The fraction of sp³-hybridized carbons (Fsp3) is 0.143. The Bertz CT molecular complexity index is 634. The van der Waals surface area contributed by atoms with Gasteiger partial charge in [-0.3, -0.25) is 4.79 Å². The number of benzene rings is 1. The number of nitrogens with zero attached hydrogens (tertiary/aromatic N) is 1. The van der Waals surface area contributed by atoms with E-state index in [9.17, 15) is 4.79 Å². The minimum Gasteiger partial charge on any atom is -0.397 e. The number of nitrogens with two attached hydrogens (primary N) is 1. The molecule has 1 aromatic heterocycles. The summed E-state index contributed by atoms with van der Waals surface area (Å²) in [6.45, 7) is 1.94. The molecule has 6 heteroatoms. The first-order chi connectivity index (χ1) is 9.56. The number of nitrogen functional groups attached to an aromatic ring is 1. The number of thioether (sulfide) groups is 1. The summed E-state index contributed by atoms with van der Waals surface area (Å²) in [7, 11) is 0. The molecule has 0 aliphatic rings. The first kappa shape index (κ1) is 14.7. The Kier molecular flexibility index (Phi) is 4.87. The molecule has 0 fully saturated rings. The normalized spacial score (nSPS) is 10.3. The van der Waals surface area contributed by atoms with Crippen molar-refractivity contribution in [2.75, 3.05) is 16.8 Å². The highest BCUT2D eigenvalue weighted by atomic mass is 35.5. The number of aromatic nitrogens is 1. The first-order valence-corrected chi connectivity index (χ1v) is 7.32. The quantitative estimate of drug-likeness (QED) is 0.850. The van der Waals surface area contributed by atoms with Crippen molar-refractivity contribution in [1.29, 1.82) is 0 Å². The van der Waals surface area contributed by atoms with Gasteiger partial charge in [-0.1, -0.05) is 29.4 Å². The summed E-state index contributed by atoms with van der Waals surface area (Å²) in [5.41, 5.74) is 7.99. The van der Waals surface area contributed by atoms with Gasteiger partial charge in [0.05, 0.1) is 22.2 Å². The minimum atomic E-state index is -0.147. The van der Waals surface area contributed by atoms with Crippen LogP contribution in [0.15, 0.2) is 41.6 Å². The highest BCUT2D eigenvalue weighted by Crippen LogP contribution is 2.24. The van der Waals surface area contributed by atoms with Crippen molar-refractivity contribution in [2.45, 2.75) is 11.9 Å². The molecule has 0 aliphatic heterocycles. The van der Waals surface area contributed by atoms with Gasteiger partial charge in [0.25, 0.3) is 0 Å². The van der Waals surface area contributed by atoms with Crippen molar-refractivity contribution < 1.29 is 4.79 Å². The highest BCUT2D eigenvalue weighted by Gasteiger charge is 2.08. The molecule has 2 rings (SSSR count). The van der Waals surface area contributed by atoms with Gasteiger partial charge in [-0.15, -0.1) is 0 Å². The maximum absolute atomic E-state index is 11.9. The first-order valence-electron chi connectivity index (χ1n) is 5.95. The van der Waals surface area contributed by atoms with Crippen LogP contribution < -0.4 is 11.1 Å². The second kappa shape index (κ2) is 6.63. The molecule has 104 valence electrons. The molecular formula is C14H14ClN3OS. The van der Waals surface area contributed by atoms with E-state index in [4.69, 9.17) is 17.3 Å². The Balaban J connectivity index is 1.94. The van der Waals surface area contributed by atoms with E-state index < -0.39 is 0 Å². The van der Waals surface area contributed by atoms with Crippen LogP contribution in [0.1, 0.15) is 5.56 Å². The molecule has 0 aliphatic carbocycles. The standard InChI is InChI=1S/C14H14ClN3OS/c1-9-4-5-12(10(15)7-9)18-13(19)8-20-14-11(16)3-2-6-17-14/h2-7H,8,16H2,1H3,(H,18,19). The number of halogens is 1. The molecule has 4 nitrogen and oxygen atoms in total. The van der Waals surface area contributed by atoms with Crippen molar-refractivity contribution in [3.05, 3.63) is 47.1 Å². The van der Waals surface area contributed by atoms with Gasteiger partial charge in [0, 0.05) is 6.20 Å². The number of carbonyl (C=O) groups excluding carboxylic acids is 1. The molecule has 0 bridgehead atoms. The van der Waals surface area contributed by atoms with Crippen LogP contribution in [0.2, 0.25) is 5.02 Å². The average molecular weight is 308 g/mol. The molecule has 20 heavy (non-hydrogen) atoms. The van der Waals surface area contributed by atoms with Gasteiger partial charge in [-0.25, -0.2) is 4.98 Å². The summed E-state index contributed by atoms with van der Waals surface area (Å²) in [6.07, 6.45) is 1.65. The van der Waals surface area contributed by atoms with E-state index in [0.29, 0.717) is 21.4 Å². The lowest BCUT2D eigenvalue weighted by molar-refractivity contribution is -0.113. The number of nitrogens with one attached hydrogen (secondary N) is 1. The molecule has 0 spiro atoms. The van der Waals surface area contributed by atoms with Gasteiger partial charge in [0.15, 0.2) is 0 Å². The van der Waals surface area contributed by atoms with E-state index in [1.54, 1.807) is 30.5 Å². The number of amides is 1. The average Bonchev–Trinajstić information content (AvgIpc) is 2.41. The molecule has 0 unspecified atom stereocenters. The van der Waals surface area contributed by atoms with Crippen LogP contribution in [0.5, 0.6) is 0 Å². The fourth-order valence-electron chi connectivity index (χ4n) is 1.57. The molecule has 1 amide bonds. The van der Waals surface area contributed by atoms with Crippen molar-refractivity contribution in [3.8, 4) is 0 Å². The van der Waals surface area contributed by atoms with Gasteiger partial charge in [-0.2, -0.15) is 0 Å². The molecule has 0 atom stereocenters. The van der Waals surface area contributed by atoms with Crippen LogP contribution in [0.25, 0.3) is 0 Å². The molecule has 0 radical (unpaired) electrons. The van der Waals surface area contributed by atoms with Gasteiger partial charge < -0.3 is 11.1 Å². The fourth-order valence-corrected chi connectivity index (χ4v) is 2.56. The molecule has 1 heterocycles. The smallest absolute Gasteiger partial charge is 0.234 e. The molecule has 2 aromatic rings. The van der Waals surface area contributed by atoms with Crippen LogP contribution in [0.3, 0.4) is 0 Å². The predicted octanol–water partition coefficient (Wildman–Crippen LogP) is 3.36. The Labute approximate surface area is 126 Å². The number of hydrogen-bond donors (Lipinski definition) is 2. The van der Waals surface area contributed by atoms with E-state index in [-0.39, 0.29) is 11.7 Å².